The molecule has 0 aliphatic heterocycles. The molecule has 2 aromatic rings. The zero-order valence-electron chi connectivity index (χ0n) is 15.7. The normalized spacial score (nSPS) is 13.1. The van der Waals surface area contributed by atoms with Crippen LogP contribution in [0, 0.1) is 0 Å². The number of hydrogen-bond donors (Lipinski definition) is 2. The Kier molecular flexibility index (Phi) is 7.95. The van der Waals surface area contributed by atoms with Crippen molar-refractivity contribution in [3.05, 3.63) is 59.1 Å². The number of ether oxygens (including phenoxy) is 1. The predicted molar refractivity (Wildman–Crippen MR) is 107 cm³/mol. The summed E-state index contributed by atoms with van der Waals surface area (Å²) in [5.74, 6) is 1.23. The number of amides is 1. The van der Waals surface area contributed by atoms with E-state index in [0.717, 1.165) is 29.3 Å². The minimum Gasteiger partial charge on any atom is -0.488 e. The van der Waals surface area contributed by atoms with Crippen LogP contribution in [0.4, 0.5) is 5.69 Å². The van der Waals surface area contributed by atoms with E-state index in [-0.39, 0.29) is 5.91 Å². The Hall–Kier alpha value is -2.04. The van der Waals surface area contributed by atoms with Crippen LogP contribution in [0.3, 0.4) is 0 Å². The van der Waals surface area contributed by atoms with Crippen LogP contribution in [0.15, 0.2) is 48.5 Å². The maximum Gasteiger partial charge on any atom is 0.279 e. The number of carbonyl (C=O) groups is 1. The minimum atomic E-state index is 0.0183. The Balaban J connectivity index is 1.79. The van der Waals surface area contributed by atoms with Gasteiger partial charge in [-0.3, -0.25) is 4.79 Å². The molecule has 140 valence electrons. The van der Waals surface area contributed by atoms with E-state index in [1.54, 1.807) is 12.1 Å². The van der Waals surface area contributed by atoms with E-state index in [0.29, 0.717) is 24.1 Å². The van der Waals surface area contributed by atoms with Gasteiger partial charge in [0.1, 0.15) is 18.9 Å². The lowest BCUT2D eigenvalue weighted by atomic mass is 9.97. The minimum absolute atomic E-state index is 0.0183. The van der Waals surface area contributed by atoms with Crippen molar-refractivity contribution in [2.45, 2.75) is 26.2 Å². The van der Waals surface area contributed by atoms with Crippen molar-refractivity contribution < 1.29 is 14.4 Å². The summed E-state index contributed by atoms with van der Waals surface area (Å²) < 4.78 is 5.69. The fourth-order valence-electron chi connectivity index (χ4n) is 2.69. The summed E-state index contributed by atoms with van der Waals surface area (Å²) in [5, 5.41) is 3.75. The Morgan fingerprint density at radius 2 is 1.88 bits per heavy atom. The zero-order chi connectivity index (χ0) is 18.9. The monoisotopic (exact) mass is 375 g/mol. The molecule has 4 nitrogen and oxygen atoms in total. The fraction of sp³-hybridized carbons (Fsp3) is 0.381. The first-order valence-corrected chi connectivity index (χ1v) is 9.45. The number of anilines is 1. The Morgan fingerprint density at radius 3 is 2.58 bits per heavy atom. The van der Waals surface area contributed by atoms with Gasteiger partial charge in [0, 0.05) is 10.7 Å². The molecule has 2 N–H and O–H groups in total. The van der Waals surface area contributed by atoms with Gasteiger partial charge in [-0.1, -0.05) is 43.6 Å². The van der Waals surface area contributed by atoms with Gasteiger partial charge >= 0.3 is 0 Å². The highest BCUT2D eigenvalue weighted by Gasteiger charge is 2.14. The summed E-state index contributed by atoms with van der Waals surface area (Å²) in [7, 11) is 1.99. The zero-order valence-corrected chi connectivity index (χ0v) is 16.5. The molecule has 1 unspecified atom stereocenters. The number of para-hydroxylation sites is 1. The summed E-state index contributed by atoms with van der Waals surface area (Å²) in [6, 6.07) is 15.3. The van der Waals surface area contributed by atoms with E-state index in [1.165, 1.54) is 5.56 Å². The number of likely N-dealkylation sites (N-methyl/N-ethyl adjacent to an activating group) is 1. The first kappa shape index (κ1) is 20.3. The molecule has 2 rings (SSSR count). The van der Waals surface area contributed by atoms with E-state index in [1.807, 2.05) is 37.4 Å². The van der Waals surface area contributed by atoms with Crippen molar-refractivity contribution in [3.8, 4) is 5.75 Å². The molecule has 0 saturated carbocycles. The van der Waals surface area contributed by atoms with Crippen molar-refractivity contribution in [2.24, 2.45) is 0 Å². The molecule has 0 heterocycles. The second-order valence-corrected chi connectivity index (χ2v) is 7.07. The Morgan fingerprint density at radius 1 is 1.19 bits per heavy atom. The summed E-state index contributed by atoms with van der Waals surface area (Å²) in [6.45, 7) is 6.02. The van der Waals surface area contributed by atoms with Crippen LogP contribution >= 0.6 is 11.6 Å². The maximum absolute atomic E-state index is 12.4. The third kappa shape index (κ3) is 6.36. The SMILES string of the molecule is CC[C@@H](C)c1ccccc1NC(=O)C[NH+](C)CCOc1ccc(Cl)cc1. The number of quaternary nitrogens is 1. The van der Waals surface area contributed by atoms with Gasteiger partial charge in [-0.2, -0.15) is 0 Å². The van der Waals surface area contributed by atoms with Gasteiger partial charge in [0.05, 0.1) is 7.05 Å². The molecule has 2 aromatic carbocycles. The molecule has 0 bridgehead atoms. The standard InChI is InChI=1S/C21H27ClN2O2/c1-4-16(2)19-7-5-6-8-20(19)23-21(25)15-24(3)13-14-26-18-11-9-17(22)10-12-18/h5-12,16H,4,13-15H2,1-3H3,(H,23,25)/p+1/t16-/m1/s1. The quantitative estimate of drug-likeness (QED) is 0.705. The van der Waals surface area contributed by atoms with Crippen LogP contribution in [0.25, 0.3) is 0 Å². The number of hydrogen-bond acceptors (Lipinski definition) is 2. The number of benzene rings is 2. The number of carbonyl (C=O) groups excluding carboxylic acids is 1. The Labute approximate surface area is 161 Å². The van der Waals surface area contributed by atoms with Crippen LogP contribution in [0.5, 0.6) is 5.75 Å². The molecule has 1 amide bonds. The van der Waals surface area contributed by atoms with Crippen LogP contribution in [-0.2, 0) is 4.79 Å². The van der Waals surface area contributed by atoms with Gasteiger partial charge in [-0.05, 0) is 48.2 Å². The largest absolute Gasteiger partial charge is 0.488 e. The molecule has 26 heavy (non-hydrogen) atoms. The van der Waals surface area contributed by atoms with Crippen molar-refractivity contribution >= 4 is 23.2 Å². The third-order valence-corrected chi connectivity index (χ3v) is 4.70. The summed E-state index contributed by atoms with van der Waals surface area (Å²) >= 11 is 5.86. The van der Waals surface area contributed by atoms with E-state index in [2.05, 4.69) is 25.2 Å². The van der Waals surface area contributed by atoms with Crippen LogP contribution in [-0.4, -0.2) is 32.7 Å². The molecule has 0 aliphatic carbocycles. The Bertz CT molecular complexity index is 703. The lowest BCUT2D eigenvalue weighted by Gasteiger charge is -2.17. The van der Waals surface area contributed by atoms with Gasteiger partial charge in [-0.25, -0.2) is 0 Å². The third-order valence-electron chi connectivity index (χ3n) is 4.45. The molecular weight excluding hydrogens is 348 g/mol. The molecule has 0 saturated heterocycles. The second kappa shape index (κ2) is 10.2. The second-order valence-electron chi connectivity index (χ2n) is 6.63. The number of rotatable bonds is 9. The van der Waals surface area contributed by atoms with Crippen molar-refractivity contribution in [1.29, 1.82) is 0 Å². The molecule has 2 atom stereocenters. The molecule has 5 heteroatoms. The first-order valence-electron chi connectivity index (χ1n) is 9.08. The molecule has 0 aromatic heterocycles. The van der Waals surface area contributed by atoms with Crippen molar-refractivity contribution in [1.82, 2.24) is 0 Å². The highest BCUT2D eigenvalue weighted by atomic mass is 35.5. The maximum atomic E-state index is 12.4. The molecule has 0 aliphatic rings. The average Bonchev–Trinajstić information content (AvgIpc) is 2.63. The lowest BCUT2D eigenvalue weighted by molar-refractivity contribution is -0.871. The summed E-state index contributed by atoms with van der Waals surface area (Å²) in [6.07, 6.45) is 1.04. The fourth-order valence-corrected chi connectivity index (χ4v) is 2.82. The number of nitrogens with one attached hydrogen (secondary N) is 2. The van der Waals surface area contributed by atoms with E-state index in [4.69, 9.17) is 16.3 Å². The van der Waals surface area contributed by atoms with Gasteiger partial charge < -0.3 is 15.0 Å². The van der Waals surface area contributed by atoms with Gasteiger partial charge in [0.15, 0.2) is 6.54 Å². The highest BCUT2D eigenvalue weighted by molar-refractivity contribution is 6.30. The predicted octanol–water partition coefficient (Wildman–Crippen LogP) is 3.39. The van der Waals surface area contributed by atoms with E-state index < -0.39 is 0 Å². The number of halogens is 1. The average molecular weight is 376 g/mol. The van der Waals surface area contributed by atoms with Crippen molar-refractivity contribution in [2.75, 3.05) is 32.1 Å². The van der Waals surface area contributed by atoms with Crippen molar-refractivity contribution in [3.63, 3.8) is 0 Å². The van der Waals surface area contributed by atoms with E-state index in [9.17, 15) is 4.79 Å². The van der Waals surface area contributed by atoms with Crippen LogP contribution in [0.1, 0.15) is 31.7 Å². The van der Waals surface area contributed by atoms with Gasteiger partial charge in [0.25, 0.3) is 5.91 Å². The summed E-state index contributed by atoms with van der Waals surface area (Å²) in [4.78, 5) is 13.5. The van der Waals surface area contributed by atoms with Crippen LogP contribution < -0.4 is 15.0 Å². The smallest absolute Gasteiger partial charge is 0.279 e. The summed E-state index contributed by atoms with van der Waals surface area (Å²) in [5.41, 5.74) is 2.10. The molecule has 0 spiro atoms. The topological polar surface area (TPSA) is 42.8 Å². The molecule has 0 fully saturated rings. The van der Waals surface area contributed by atoms with E-state index >= 15 is 0 Å². The van der Waals surface area contributed by atoms with Crippen LogP contribution in [0.2, 0.25) is 5.02 Å². The first-order chi connectivity index (χ1) is 12.5. The van der Waals surface area contributed by atoms with Gasteiger partial charge in [-0.15, -0.1) is 0 Å². The highest BCUT2D eigenvalue weighted by Crippen LogP contribution is 2.26. The lowest BCUT2D eigenvalue weighted by Crippen LogP contribution is -3.10. The molecular formula is C21H28ClN2O2+. The van der Waals surface area contributed by atoms with Gasteiger partial charge in [0.2, 0.25) is 0 Å². The molecule has 0 radical (unpaired) electrons.